The van der Waals surface area contributed by atoms with Gasteiger partial charge in [0.15, 0.2) is 0 Å². The second kappa shape index (κ2) is 7.40. The van der Waals surface area contributed by atoms with Crippen LogP contribution in [0.15, 0.2) is 30.3 Å². The van der Waals surface area contributed by atoms with Gasteiger partial charge < -0.3 is 4.74 Å². The first kappa shape index (κ1) is 12.2. The minimum absolute atomic E-state index is 0.687. The number of hydroxylamine groups is 2. The Bertz CT molecular complexity index is 251. The van der Waals surface area contributed by atoms with Crippen molar-refractivity contribution in [2.45, 2.75) is 13.5 Å². The van der Waals surface area contributed by atoms with E-state index >= 15 is 0 Å². The largest absolute Gasteiger partial charge is 0.383 e. The fourth-order valence-corrected chi connectivity index (χ4v) is 1.35. The van der Waals surface area contributed by atoms with E-state index in [1.165, 1.54) is 5.56 Å². The van der Waals surface area contributed by atoms with Crippen LogP contribution in [-0.2, 0) is 16.1 Å². The molecule has 3 heteroatoms. The number of hydrogen-bond acceptors (Lipinski definition) is 3. The Hall–Kier alpha value is -0.900. The molecule has 0 aliphatic heterocycles. The number of hydrogen-bond donors (Lipinski definition) is 0. The maximum atomic E-state index is 5.50. The lowest BCUT2D eigenvalue weighted by Gasteiger charge is -2.20. The van der Waals surface area contributed by atoms with Crippen LogP contribution in [0, 0.1) is 0 Å². The molecule has 1 aromatic rings. The second-order valence-corrected chi connectivity index (χ2v) is 3.26. The zero-order chi connectivity index (χ0) is 10.9. The second-order valence-electron chi connectivity index (χ2n) is 3.26. The third-order valence-electron chi connectivity index (χ3n) is 2.06. The van der Waals surface area contributed by atoms with Gasteiger partial charge in [0.2, 0.25) is 0 Å². The number of methoxy groups -OCH3 is 1. The zero-order valence-electron chi connectivity index (χ0n) is 9.48. The topological polar surface area (TPSA) is 21.7 Å². The first-order valence-electron chi connectivity index (χ1n) is 5.27. The van der Waals surface area contributed by atoms with Crippen LogP contribution in [0.25, 0.3) is 0 Å². The van der Waals surface area contributed by atoms with E-state index in [0.717, 1.165) is 13.1 Å². The number of benzene rings is 1. The standard InChI is InChI=1S/C12H19NO2/c1-3-15-13(9-10-14-2)11-12-7-5-4-6-8-12/h4-8H,3,9-11H2,1-2H3. The molecule has 0 aromatic heterocycles. The van der Waals surface area contributed by atoms with Crippen LogP contribution in [-0.4, -0.2) is 31.9 Å². The third kappa shape index (κ3) is 4.93. The molecule has 0 fully saturated rings. The molecule has 0 heterocycles. The molecule has 0 unspecified atom stereocenters. The summed E-state index contributed by atoms with van der Waals surface area (Å²) in [6.45, 7) is 4.96. The number of ether oxygens (including phenoxy) is 1. The Morgan fingerprint density at radius 2 is 1.93 bits per heavy atom. The van der Waals surface area contributed by atoms with E-state index in [1.807, 2.05) is 30.2 Å². The predicted molar refractivity (Wildman–Crippen MR) is 60.4 cm³/mol. The van der Waals surface area contributed by atoms with E-state index in [1.54, 1.807) is 7.11 Å². The summed E-state index contributed by atoms with van der Waals surface area (Å²) in [4.78, 5) is 5.50. The van der Waals surface area contributed by atoms with Gasteiger partial charge in [-0.3, -0.25) is 4.84 Å². The van der Waals surface area contributed by atoms with E-state index in [9.17, 15) is 0 Å². The molecule has 0 radical (unpaired) electrons. The summed E-state index contributed by atoms with van der Waals surface area (Å²) in [5.74, 6) is 0. The molecule has 84 valence electrons. The number of nitrogens with zero attached hydrogens (tertiary/aromatic N) is 1. The summed E-state index contributed by atoms with van der Waals surface area (Å²) in [7, 11) is 1.70. The van der Waals surface area contributed by atoms with Crippen LogP contribution < -0.4 is 0 Å². The Morgan fingerprint density at radius 3 is 2.53 bits per heavy atom. The minimum Gasteiger partial charge on any atom is -0.383 e. The molecule has 0 aliphatic rings. The molecular formula is C12H19NO2. The molecule has 0 aliphatic carbocycles. The molecule has 3 nitrogen and oxygen atoms in total. The van der Waals surface area contributed by atoms with Gasteiger partial charge in [-0.2, -0.15) is 5.06 Å². The third-order valence-corrected chi connectivity index (χ3v) is 2.06. The monoisotopic (exact) mass is 209 g/mol. The van der Waals surface area contributed by atoms with E-state index in [2.05, 4.69) is 12.1 Å². The highest BCUT2D eigenvalue weighted by atomic mass is 16.7. The molecule has 0 spiro atoms. The Balaban J connectivity index is 2.43. The lowest BCUT2D eigenvalue weighted by molar-refractivity contribution is -0.168. The van der Waals surface area contributed by atoms with Crippen LogP contribution in [0.3, 0.4) is 0 Å². The average molecular weight is 209 g/mol. The Kier molecular flexibility index (Phi) is 6.00. The van der Waals surface area contributed by atoms with Gasteiger partial charge >= 0.3 is 0 Å². The maximum Gasteiger partial charge on any atom is 0.0657 e. The van der Waals surface area contributed by atoms with Crippen molar-refractivity contribution >= 4 is 0 Å². The van der Waals surface area contributed by atoms with E-state index in [4.69, 9.17) is 9.57 Å². The van der Waals surface area contributed by atoms with Crippen molar-refractivity contribution in [2.24, 2.45) is 0 Å². The fraction of sp³-hybridized carbons (Fsp3) is 0.500. The summed E-state index contributed by atoms with van der Waals surface area (Å²) in [5.41, 5.74) is 1.25. The molecular weight excluding hydrogens is 190 g/mol. The predicted octanol–water partition coefficient (Wildman–Crippen LogP) is 2.09. The Labute approximate surface area is 91.6 Å². The molecule has 1 aromatic carbocycles. The summed E-state index contributed by atoms with van der Waals surface area (Å²) in [5, 5.41) is 1.93. The average Bonchev–Trinajstić information content (AvgIpc) is 2.28. The SMILES string of the molecule is CCON(CCOC)Cc1ccccc1. The number of rotatable bonds is 7. The van der Waals surface area contributed by atoms with Gasteiger partial charge in [0.05, 0.1) is 13.2 Å². The van der Waals surface area contributed by atoms with Crippen molar-refractivity contribution in [2.75, 3.05) is 26.9 Å². The van der Waals surface area contributed by atoms with Crippen LogP contribution >= 0.6 is 0 Å². The molecule has 15 heavy (non-hydrogen) atoms. The maximum absolute atomic E-state index is 5.50. The summed E-state index contributed by atoms with van der Waals surface area (Å²) in [6.07, 6.45) is 0. The fourth-order valence-electron chi connectivity index (χ4n) is 1.35. The zero-order valence-corrected chi connectivity index (χ0v) is 9.48. The van der Waals surface area contributed by atoms with Gasteiger partial charge in [-0.1, -0.05) is 30.3 Å². The molecule has 0 N–H and O–H groups in total. The van der Waals surface area contributed by atoms with Crippen molar-refractivity contribution < 1.29 is 9.57 Å². The van der Waals surface area contributed by atoms with Crippen molar-refractivity contribution in [1.29, 1.82) is 0 Å². The van der Waals surface area contributed by atoms with Crippen LogP contribution in [0.5, 0.6) is 0 Å². The quantitative estimate of drug-likeness (QED) is 0.642. The van der Waals surface area contributed by atoms with Gasteiger partial charge in [-0.25, -0.2) is 0 Å². The van der Waals surface area contributed by atoms with Gasteiger partial charge in [-0.15, -0.1) is 0 Å². The lowest BCUT2D eigenvalue weighted by atomic mass is 10.2. The van der Waals surface area contributed by atoms with Crippen molar-refractivity contribution in [3.63, 3.8) is 0 Å². The highest BCUT2D eigenvalue weighted by Crippen LogP contribution is 2.04. The van der Waals surface area contributed by atoms with Crippen LogP contribution in [0.1, 0.15) is 12.5 Å². The minimum atomic E-state index is 0.687. The van der Waals surface area contributed by atoms with Crippen LogP contribution in [0.2, 0.25) is 0 Å². The van der Waals surface area contributed by atoms with E-state index < -0.39 is 0 Å². The molecule has 0 bridgehead atoms. The van der Waals surface area contributed by atoms with Gasteiger partial charge in [0.25, 0.3) is 0 Å². The van der Waals surface area contributed by atoms with Crippen molar-refractivity contribution in [3.05, 3.63) is 35.9 Å². The first-order valence-corrected chi connectivity index (χ1v) is 5.27. The smallest absolute Gasteiger partial charge is 0.0657 e. The molecule has 1 rings (SSSR count). The first-order chi connectivity index (χ1) is 7.36. The summed E-state index contributed by atoms with van der Waals surface area (Å²) < 4.78 is 5.03. The highest BCUT2D eigenvalue weighted by Gasteiger charge is 2.04. The summed E-state index contributed by atoms with van der Waals surface area (Å²) in [6, 6.07) is 10.3. The summed E-state index contributed by atoms with van der Waals surface area (Å²) >= 11 is 0. The normalized spacial score (nSPS) is 10.9. The molecule has 0 atom stereocenters. The Morgan fingerprint density at radius 1 is 1.20 bits per heavy atom. The molecule has 0 saturated heterocycles. The van der Waals surface area contributed by atoms with Crippen molar-refractivity contribution in [1.82, 2.24) is 5.06 Å². The van der Waals surface area contributed by atoms with Gasteiger partial charge in [-0.05, 0) is 12.5 Å². The van der Waals surface area contributed by atoms with Crippen molar-refractivity contribution in [3.8, 4) is 0 Å². The highest BCUT2D eigenvalue weighted by molar-refractivity contribution is 5.14. The molecule has 0 amide bonds. The van der Waals surface area contributed by atoms with E-state index in [-0.39, 0.29) is 0 Å². The van der Waals surface area contributed by atoms with Gasteiger partial charge in [0.1, 0.15) is 0 Å². The van der Waals surface area contributed by atoms with Crippen LogP contribution in [0.4, 0.5) is 0 Å². The molecule has 0 saturated carbocycles. The van der Waals surface area contributed by atoms with E-state index in [0.29, 0.717) is 13.2 Å². The lowest BCUT2D eigenvalue weighted by Crippen LogP contribution is -2.27. The van der Waals surface area contributed by atoms with Gasteiger partial charge in [0, 0.05) is 20.2 Å².